The summed E-state index contributed by atoms with van der Waals surface area (Å²) in [7, 11) is 1.36. The lowest BCUT2D eigenvalue weighted by Gasteiger charge is -2.37. The van der Waals surface area contributed by atoms with E-state index in [0.717, 1.165) is 35.6 Å². The van der Waals surface area contributed by atoms with E-state index in [2.05, 4.69) is 15.0 Å². The molecular weight excluding hydrogens is 346 g/mol. The lowest BCUT2D eigenvalue weighted by molar-refractivity contribution is -0.138. The Morgan fingerprint density at radius 1 is 1.30 bits per heavy atom. The summed E-state index contributed by atoms with van der Waals surface area (Å²) in [5.41, 5.74) is 2.87. The number of pyridine rings is 1. The van der Waals surface area contributed by atoms with Gasteiger partial charge in [0.1, 0.15) is 11.9 Å². The maximum absolute atomic E-state index is 13.1. The molecule has 0 bridgehead atoms. The number of fused-ring (bicyclic) bond motifs is 1. The smallest absolute Gasteiger partial charge is 0.410 e. The number of methoxy groups -OCH3 is 1. The second kappa shape index (κ2) is 7.38. The molecule has 27 heavy (non-hydrogen) atoms. The quantitative estimate of drug-likeness (QED) is 0.874. The Labute approximate surface area is 157 Å². The van der Waals surface area contributed by atoms with Gasteiger partial charge in [-0.15, -0.1) is 0 Å². The Balaban J connectivity index is 1.51. The number of hydrogen-bond acceptors (Lipinski definition) is 5. The molecule has 1 atom stereocenters. The zero-order chi connectivity index (χ0) is 18.8. The molecule has 8 heteroatoms. The highest BCUT2D eigenvalue weighted by atomic mass is 16.5. The van der Waals surface area contributed by atoms with Crippen molar-refractivity contribution in [2.24, 2.45) is 0 Å². The summed E-state index contributed by atoms with van der Waals surface area (Å²) in [6, 6.07) is 3.39. The highest BCUT2D eigenvalue weighted by Crippen LogP contribution is 2.25. The molecule has 0 unspecified atom stereocenters. The van der Waals surface area contributed by atoms with Crippen molar-refractivity contribution < 1.29 is 14.3 Å². The van der Waals surface area contributed by atoms with E-state index in [1.54, 1.807) is 17.3 Å². The standard InChI is InChI=1S/C19H23N5O3/c1-27-19(26)24-9-3-2-6-16(24)18(25)23-10-7-14-15(12-23)22-17(21-14)13-5-4-8-20-11-13/h4-5,8,11,16H,2-3,6-7,9-10,12H2,1H3,(H,21,22)/t16-/m1/s1. The Hall–Kier alpha value is -2.90. The van der Waals surface area contributed by atoms with E-state index >= 15 is 0 Å². The molecule has 2 aromatic rings. The van der Waals surface area contributed by atoms with Crippen molar-refractivity contribution in [3.63, 3.8) is 0 Å². The Morgan fingerprint density at radius 3 is 2.96 bits per heavy atom. The summed E-state index contributed by atoms with van der Waals surface area (Å²) in [5.74, 6) is 0.763. The van der Waals surface area contributed by atoms with E-state index in [1.807, 2.05) is 17.0 Å². The van der Waals surface area contributed by atoms with Crippen LogP contribution in [-0.4, -0.2) is 63.0 Å². The molecule has 142 valence electrons. The number of carbonyl (C=O) groups excluding carboxylic acids is 2. The molecule has 4 heterocycles. The molecule has 2 amide bonds. The van der Waals surface area contributed by atoms with Crippen molar-refractivity contribution in [2.75, 3.05) is 20.2 Å². The molecule has 2 aromatic heterocycles. The van der Waals surface area contributed by atoms with Crippen molar-refractivity contribution in [1.29, 1.82) is 0 Å². The number of nitrogens with zero attached hydrogens (tertiary/aromatic N) is 4. The molecule has 0 radical (unpaired) electrons. The Bertz CT molecular complexity index is 835. The summed E-state index contributed by atoms with van der Waals surface area (Å²) in [5, 5.41) is 0. The minimum Gasteiger partial charge on any atom is -0.453 e. The molecule has 0 saturated carbocycles. The molecule has 0 aliphatic carbocycles. The lowest BCUT2D eigenvalue weighted by Crippen LogP contribution is -2.53. The zero-order valence-electron chi connectivity index (χ0n) is 15.4. The maximum Gasteiger partial charge on any atom is 0.410 e. The first kappa shape index (κ1) is 17.5. The van der Waals surface area contributed by atoms with Crippen molar-refractivity contribution in [3.05, 3.63) is 35.9 Å². The van der Waals surface area contributed by atoms with E-state index < -0.39 is 12.1 Å². The monoisotopic (exact) mass is 369 g/mol. The van der Waals surface area contributed by atoms with Gasteiger partial charge in [0.15, 0.2) is 0 Å². The number of piperidine rings is 1. The molecule has 1 N–H and O–H groups in total. The van der Waals surface area contributed by atoms with Crippen LogP contribution in [0.3, 0.4) is 0 Å². The largest absolute Gasteiger partial charge is 0.453 e. The van der Waals surface area contributed by atoms with Gasteiger partial charge in [-0.3, -0.25) is 14.7 Å². The maximum atomic E-state index is 13.1. The van der Waals surface area contributed by atoms with Gasteiger partial charge >= 0.3 is 6.09 Å². The predicted molar refractivity (Wildman–Crippen MR) is 97.7 cm³/mol. The number of imidazole rings is 1. The van der Waals surface area contributed by atoms with Crippen LogP contribution < -0.4 is 0 Å². The fourth-order valence-electron chi connectivity index (χ4n) is 3.86. The number of nitrogens with one attached hydrogen (secondary N) is 1. The lowest BCUT2D eigenvalue weighted by atomic mass is 10.0. The first-order valence-corrected chi connectivity index (χ1v) is 9.29. The van der Waals surface area contributed by atoms with Crippen LogP contribution in [0.1, 0.15) is 30.7 Å². The second-order valence-corrected chi connectivity index (χ2v) is 6.94. The van der Waals surface area contributed by atoms with Gasteiger partial charge < -0.3 is 14.6 Å². The molecular formula is C19H23N5O3. The van der Waals surface area contributed by atoms with Crippen LogP contribution >= 0.6 is 0 Å². The minimum atomic E-state index is -0.437. The van der Waals surface area contributed by atoms with E-state index in [-0.39, 0.29) is 5.91 Å². The number of H-pyrrole nitrogens is 1. The molecule has 0 aromatic carbocycles. The zero-order valence-corrected chi connectivity index (χ0v) is 15.4. The van der Waals surface area contributed by atoms with Crippen LogP contribution in [0.2, 0.25) is 0 Å². The van der Waals surface area contributed by atoms with E-state index in [1.165, 1.54) is 7.11 Å². The number of rotatable bonds is 2. The van der Waals surface area contributed by atoms with Crippen molar-refractivity contribution in [3.8, 4) is 11.4 Å². The number of aromatic nitrogens is 3. The first-order valence-electron chi connectivity index (χ1n) is 9.29. The summed E-state index contributed by atoms with van der Waals surface area (Å²) in [4.78, 5) is 40.6. The van der Waals surface area contributed by atoms with Crippen LogP contribution in [0.25, 0.3) is 11.4 Å². The number of carbonyl (C=O) groups is 2. The summed E-state index contributed by atoms with van der Waals surface area (Å²) in [6.45, 7) is 1.65. The first-order chi connectivity index (χ1) is 13.2. The fourth-order valence-corrected chi connectivity index (χ4v) is 3.86. The van der Waals surface area contributed by atoms with E-state index in [9.17, 15) is 9.59 Å². The Morgan fingerprint density at radius 2 is 2.19 bits per heavy atom. The third-order valence-corrected chi connectivity index (χ3v) is 5.28. The predicted octanol–water partition coefficient (Wildman–Crippen LogP) is 1.98. The van der Waals surface area contributed by atoms with Gasteiger partial charge in [-0.1, -0.05) is 0 Å². The summed E-state index contributed by atoms with van der Waals surface area (Å²) >= 11 is 0. The molecule has 1 fully saturated rings. The van der Waals surface area contributed by atoms with E-state index in [0.29, 0.717) is 32.5 Å². The van der Waals surface area contributed by atoms with Crippen molar-refractivity contribution >= 4 is 12.0 Å². The number of likely N-dealkylation sites (tertiary alicyclic amines) is 1. The normalized spacial score (nSPS) is 19.5. The second-order valence-electron chi connectivity index (χ2n) is 6.94. The van der Waals surface area contributed by atoms with Crippen LogP contribution in [0.15, 0.2) is 24.5 Å². The summed E-state index contributed by atoms with van der Waals surface area (Å²) < 4.78 is 4.86. The summed E-state index contributed by atoms with van der Waals surface area (Å²) in [6.07, 6.45) is 6.29. The van der Waals surface area contributed by atoms with Crippen LogP contribution in [0, 0.1) is 0 Å². The molecule has 4 rings (SSSR count). The van der Waals surface area contributed by atoms with Crippen LogP contribution in [-0.2, 0) is 22.5 Å². The molecule has 2 aliphatic rings. The minimum absolute atomic E-state index is 0.0109. The van der Waals surface area contributed by atoms with Crippen molar-refractivity contribution in [2.45, 2.75) is 38.3 Å². The number of amides is 2. The molecule has 0 spiro atoms. The highest BCUT2D eigenvalue weighted by Gasteiger charge is 2.36. The SMILES string of the molecule is COC(=O)N1CCCC[C@@H]1C(=O)N1CCc2nc(-c3cccnc3)[nH]c2C1. The third kappa shape index (κ3) is 3.39. The van der Waals surface area contributed by atoms with Crippen molar-refractivity contribution in [1.82, 2.24) is 24.8 Å². The van der Waals surface area contributed by atoms with Gasteiger partial charge in [0.25, 0.3) is 0 Å². The number of ether oxygens (including phenoxy) is 1. The molecule has 2 aliphatic heterocycles. The highest BCUT2D eigenvalue weighted by molar-refractivity contribution is 5.86. The fraction of sp³-hybridized carbons (Fsp3) is 0.474. The van der Waals surface area contributed by atoms with E-state index in [4.69, 9.17) is 4.74 Å². The number of hydrogen-bond donors (Lipinski definition) is 1. The topological polar surface area (TPSA) is 91.4 Å². The third-order valence-electron chi connectivity index (χ3n) is 5.28. The van der Waals surface area contributed by atoms with Gasteiger partial charge in [-0.25, -0.2) is 9.78 Å². The van der Waals surface area contributed by atoms with Gasteiger partial charge in [0, 0.05) is 37.5 Å². The molecule has 8 nitrogen and oxygen atoms in total. The number of aromatic amines is 1. The van der Waals surface area contributed by atoms with Gasteiger partial charge in [0.05, 0.1) is 25.0 Å². The average molecular weight is 369 g/mol. The van der Waals surface area contributed by atoms with Crippen LogP contribution in [0.5, 0.6) is 0 Å². The van der Waals surface area contributed by atoms with Gasteiger partial charge in [-0.05, 0) is 31.4 Å². The Kier molecular flexibility index (Phi) is 4.79. The van der Waals surface area contributed by atoms with Crippen LogP contribution in [0.4, 0.5) is 4.79 Å². The van der Waals surface area contributed by atoms with Gasteiger partial charge in [-0.2, -0.15) is 0 Å². The average Bonchev–Trinajstić information content (AvgIpc) is 3.16. The van der Waals surface area contributed by atoms with Gasteiger partial charge in [0.2, 0.25) is 5.91 Å². The molecule has 1 saturated heterocycles.